The van der Waals surface area contributed by atoms with Gasteiger partial charge < -0.3 is 9.84 Å². The van der Waals surface area contributed by atoms with Crippen LogP contribution in [0.25, 0.3) is 0 Å². The Balaban J connectivity index is 1.96. The van der Waals surface area contributed by atoms with Crippen LogP contribution >= 0.6 is 0 Å². The lowest BCUT2D eigenvalue weighted by atomic mass is 9.97. The Labute approximate surface area is 116 Å². The average Bonchev–Trinajstić information content (AvgIpc) is 2.41. The third kappa shape index (κ3) is 3.90. The summed E-state index contributed by atoms with van der Waals surface area (Å²) in [5.41, 5.74) is 0.696. The first kappa shape index (κ1) is 14.7. The highest BCUT2D eigenvalue weighted by atomic mass is 19.3. The predicted octanol–water partition coefficient (Wildman–Crippen LogP) is 2.58. The monoisotopic (exact) mass is 285 g/mol. The van der Waals surface area contributed by atoms with Crippen LogP contribution in [0, 0.1) is 5.92 Å². The first-order valence-electron chi connectivity index (χ1n) is 6.54. The van der Waals surface area contributed by atoms with Gasteiger partial charge in [-0.1, -0.05) is 18.2 Å². The van der Waals surface area contributed by atoms with E-state index >= 15 is 0 Å². The summed E-state index contributed by atoms with van der Waals surface area (Å²) in [4.78, 5) is 12.9. The number of rotatable bonds is 5. The van der Waals surface area contributed by atoms with Crippen molar-refractivity contribution in [2.75, 3.05) is 13.1 Å². The molecule has 0 aromatic heterocycles. The fraction of sp³-hybridized carbons (Fsp3) is 0.500. The van der Waals surface area contributed by atoms with E-state index in [-0.39, 0.29) is 11.7 Å². The van der Waals surface area contributed by atoms with Gasteiger partial charge >= 0.3 is 12.6 Å². The van der Waals surface area contributed by atoms with Gasteiger partial charge in [0.1, 0.15) is 5.75 Å². The normalized spacial score (nSPS) is 17.4. The zero-order chi connectivity index (χ0) is 14.5. The molecule has 110 valence electrons. The maximum absolute atomic E-state index is 12.3. The number of hydrogen-bond acceptors (Lipinski definition) is 3. The van der Waals surface area contributed by atoms with Crippen LogP contribution in [0.4, 0.5) is 8.78 Å². The summed E-state index contributed by atoms with van der Waals surface area (Å²) >= 11 is 0. The van der Waals surface area contributed by atoms with Crippen LogP contribution in [0.2, 0.25) is 0 Å². The van der Waals surface area contributed by atoms with Gasteiger partial charge in [0.2, 0.25) is 0 Å². The summed E-state index contributed by atoms with van der Waals surface area (Å²) in [6.45, 7) is -1.04. The van der Waals surface area contributed by atoms with Crippen LogP contribution in [0.1, 0.15) is 18.4 Å². The van der Waals surface area contributed by atoms with Crippen molar-refractivity contribution in [3.8, 4) is 5.75 Å². The van der Waals surface area contributed by atoms with Crippen molar-refractivity contribution in [3.05, 3.63) is 29.8 Å². The van der Waals surface area contributed by atoms with E-state index in [0.717, 1.165) is 0 Å². The molecule has 1 aliphatic heterocycles. The van der Waals surface area contributed by atoms with Crippen LogP contribution < -0.4 is 4.74 Å². The maximum atomic E-state index is 12.3. The number of hydrogen-bond donors (Lipinski definition) is 1. The molecule has 1 N–H and O–H groups in total. The summed E-state index contributed by atoms with van der Waals surface area (Å²) in [5, 5.41) is 8.94. The lowest BCUT2D eigenvalue weighted by Crippen LogP contribution is -2.35. The van der Waals surface area contributed by atoms with E-state index in [2.05, 4.69) is 9.64 Å². The molecule has 1 saturated heterocycles. The predicted molar refractivity (Wildman–Crippen MR) is 68.7 cm³/mol. The Morgan fingerprint density at radius 2 is 2.00 bits per heavy atom. The van der Waals surface area contributed by atoms with Gasteiger partial charge in [0.15, 0.2) is 0 Å². The molecule has 6 heteroatoms. The average molecular weight is 285 g/mol. The van der Waals surface area contributed by atoms with E-state index in [0.29, 0.717) is 38.0 Å². The Hall–Kier alpha value is -1.69. The van der Waals surface area contributed by atoms with E-state index in [4.69, 9.17) is 5.11 Å². The smallest absolute Gasteiger partial charge is 0.387 e. The maximum Gasteiger partial charge on any atom is 0.387 e. The number of carboxylic acid groups (broad SMARTS) is 1. The molecule has 20 heavy (non-hydrogen) atoms. The van der Waals surface area contributed by atoms with Gasteiger partial charge in [0, 0.05) is 12.1 Å². The van der Waals surface area contributed by atoms with E-state index in [1.165, 1.54) is 6.07 Å². The van der Waals surface area contributed by atoms with Gasteiger partial charge in [-0.15, -0.1) is 0 Å². The van der Waals surface area contributed by atoms with Crippen LogP contribution in [-0.2, 0) is 11.3 Å². The molecule has 0 unspecified atom stereocenters. The molecular weight excluding hydrogens is 268 g/mol. The number of carbonyl (C=O) groups is 1. The van der Waals surface area contributed by atoms with Crippen molar-refractivity contribution < 1.29 is 23.4 Å². The number of likely N-dealkylation sites (tertiary alicyclic amines) is 1. The summed E-state index contributed by atoms with van der Waals surface area (Å²) in [7, 11) is 0. The minimum Gasteiger partial charge on any atom is -0.481 e. The number of alkyl halides is 2. The van der Waals surface area contributed by atoms with E-state index in [9.17, 15) is 13.6 Å². The number of piperidine rings is 1. The molecular formula is C14H17F2NO3. The first-order chi connectivity index (χ1) is 9.56. The van der Waals surface area contributed by atoms with Crippen molar-refractivity contribution in [2.45, 2.75) is 26.0 Å². The number of benzene rings is 1. The van der Waals surface area contributed by atoms with Gasteiger partial charge in [-0.05, 0) is 32.0 Å². The summed E-state index contributed by atoms with van der Waals surface area (Å²) < 4.78 is 29.1. The van der Waals surface area contributed by atoms with Crippen LogP contribution in [0.5, 0.6) is 5.75 Å². The zero-order valence-corrected chi connectivity index (χ0v) is 11.0. The molecule has 0 bridgehead atoms. The number of halogens is 2. The van der Waals surface area contributed by atoms with Crippen molar-refractivity contribution >= 4 is 5.97 Å². The number of ether oxygens (including phenoxy) is 1. The van der Waals surface area contributed by atoms with Crippen molar-refractivity contribution in [3.63, 3.8) is 0 Å². The number of carboxylic acids is 1. The molecule has 0 atom stereocenters. The van der Waals surface area contributed by atoms with Gasteiger partial charge in [0.25, 0.3) is 0 Å². The lowest BCUT2D eigenvalue weighted by molar-refractivity contribution is -0.143. The van der Waals surface area contributed by atoms with Gasteiger partial charge in [-0.3, -0.25) is 9.69 Å². The van der Waals surface area contributed by atoms with E-state index in [1.807, 2.05) is 0 Å². The Morgan fingerprint density at radius 1 is 1.35 bits per heavy atom. The molecule has 1 heterocycles. The molecule has 0 spiro atoms. The molecule has 1 aromatic carbocycles. The van der Waals surface area contributed by atoms with Crippen LogP contribution in [0.3, 0.4) is 0 Å². The molecule has 1 aromatic rings. The van der Waals surface area contributed by atoms with Crippen molar-refractivity contribution in [2.24, 2.45) is 5.92 Å². The number of nitrogens with zero attached hydrogens (tertiary/aromatic N) is 1. The summed E-state index contributed by atoms with van der Waals surface area (Å²) in [6.07, 6.45) is 1.18. The van der Waals surface area contributed by atoms with Gasteiger partial charge in [0.05, 0.1) is 5.92 Å². The van der Waals surface area contributed by atoms with Crippen LogP contribution in [0.15, 0.2) is 24.3 Å². The molecule has 1 fully saturated rings. The molecule has 0 saturated carbocycles. The number of aliphatic carboxylic acids is 1. The van der Waals surface area contributed by atoms with Crippen LogP contribution in [-0.4, -0.2) is 35.7 Å². The standard InChI is InChI=1S/C14H17F2NO3/c15-14(16)20-12-4-2-1-3-11(12)9-17-7-5-10(6-8-17)13(18)19/h1-4,10,14H,5-9H2,(H,18,19). The zero-order valence-electron chi connectivity index (χ0n) is 11.0. The second-order valence-electron chi connectivity index (χ2n) is 4.87. The fourth-order valence-corrected chi connectivity index (χ4v) is 2.42. The molecule has 0 amide bonds. The topological polar surface area (TPSA) is 49.8 Å². The minimum absolute atomic E-state index is 0.183. The Morgan fingerprint density at radius 3 is 2.60 bits per heavy atom. The Bertz CT molecular complexity index is 459. The molecule has 1 aliphatic rings. The summed E-state index contributed by atoms with van der Waals surface area (Å²) in [6, 6.07) is 6.70. The highest BCUT2D eigenvalue weighted by Gasteiger charge is 2.24. The van der Waals surface area contributed by atoms with Crippen molar-refractivity contribution in [1.29, 1.82) is 0 Å². The second-order valence-corrected chi connectivity index (χ2v) is 4.87. The highest BCUT2D eigenvalue weighted by Crippen LogP contribution is 2.24. The SMILES string of the molecule is O=C(O)C1CCN(Cc2ccccc2OC(F)F)CC1. The molecule has 4 nitrogen and oxygen atoms in total. The highest BCUT2D eigenvalue weighted by molar-refractivity contribution is 5.70. The Kier molecular flexibility index (Phi) is 4.89. The van der Waals surface area contributed by atoms with Gasteiger partial charge in [-0.2, -0.15) is 8.78 Å². The third-order valence-electron chi connectivity index (χ3n) is 3.52. The molecule has 0 radical (unpaired) electrons. The summed E-state index contributed by atoms with van der Waals surface area (Å²) in [5.74, 6) is -0.868. The minimum atomic E-state index is -2.84. The lowest BCUT2D eigenvalue weighted by Gasteiger charge is -2.30. The molecule has 2 rings (SSSR count). The van der Waals surface area contributed by atoms with Gasteiger partial charge in [-0.25, -0.2) is 0 Å². The second kappa shape index (κ2) is 6.65. The van der Waals surface area contributed by atoms with E-state index in [1.54, 1.807) is 18.2 Å². The molecule has 0 aliphatic carbocycles. The largest absolute Gasteiger partial charge is 0.481 e. The quantitative estimate of drug-likeness (QED) is 0.903. The van der Waals surface area contributed by atoms with Crippen molar-refractivity contribution in [1.82, 2.24) is 4.90 Å². The number of para-hydroxylation sites is 1. The van der Waals surface area contributed by atoms with E-state index < -0.39 is 12.6 Å². The fourth-order valence-electron chi connectivity index (χ4n) is 2.42. The third-order valence-corrected chi connectivity index (χ3v) is 3.52. The first-order valence-corrected chi connectivity index (χ1v) is 6.54.